The highest BCUT2D eigenvalue weighted by molar-refractivity contribution is 5.84. The molecule has 1 atom stereocenters. The molecule has 0 aromatic heterocycles. The Kier molecular flexibility index (Phi) is 10.6. The Morgan fingerprint density at radius 2 is 1.48 bits per heavy atom. The van der Waals surface area contributed by atoms with Gasteiger partial charge in [0.1, 0.15) is 0 Å². The van der Waals surface area contributed by atoms with Gasteiger partial charge in [-0.25, -0.2) is 0 Å². The van der Waals surface area contributed by atoms with Crippen LogP contribution in [0.3, 0.4) is 0 Å². The van der Waals surface area contributed by atoms with E-state index in [1.54, 1.807) is 7.05 Å². The van der Waals surface area contributed by atoms with Crippen LogP contribution < -0.4 is 11.1 Å². The molecule has 0 aliphatic rings. The minimum Gasteiger partial charge on any atom is -0.368 e. The molecular formula is C16H36N4O. The first-order valence-electron chi connectivity index (χ1n) is 8.37. The third-order valence-corrected chi connectivity index (χ3v) is 4.54. The second-order valence-corrected chi connectivity index (χ2v) is 5.86. The molecule has 0 spiro atoms. The van der Waals surface area contributed by atoms with Crippen molar-refractivity contribution in [2.75, 3.05) is 46.3 Å². The minimum atomic E-state index is -0.583. The average Bonchev–Trinajstić information content (AvgIpc) is 2.49. The number of amides is 1. The van der Waals surface area contributed by atoms with Gasteiger partial charge in [0.15, 0.2) is 0 Å². The normalized spacial score (nSPS) is 14.6. The molecule has 0 aromatic carbocycles. The van der Waals surface area contributed by atoms with Crippen LogP contribution >= 0.6 is 0 Å². The van der Waals surface area contributed by atoms with Gasteiger partial charge in [0.05, 0.1) is 5.54 Å². The Morgan fingerprint density at radius 3 is 1.90 bits per heavy atom. The minimum absolute atomic E-state index is 0.269. The first kappa shape index (κ1) is 20.3. The van der Waals surface area contributed by atoms with Gasteiger partial charge in [0, 0.05) is 0 Å². The van der Waals surface area contributed by atoms with E-state index in [-0.39, 0.29) is 5.91 Å². The summed E-state index contributed by atoms with van der Waals surface area (Å²) in [6, 6.07) is 0. The van der Waals surface area contributed by atoms with E-state index in [4.69, 9.17) is 5.73 Å². The second kappa shape index (κ2) is 11.0. The topological polar surface area (TPSA) is 61.6 Å². The molecule has 126 valence electrons. The summed E-state index contributed by atoms with van der Waals surface area (Å²) in [6.07, 6.45) is 2.97. The zero-order chi connectivity index (χ0) is 16.3. The summed E-state index contributed by atoms with van der Waals surface area (Å²) >= 11 is 0. The number of likely N-dealkylation sites (N-methyl/N-ethyl adjacent to an activating group) is 1. The van der Waals surface area contributed by atoms with Crippen molar-refractivity contribution in [2.45, 2.75) is 52.5 Å². The highest BCUT2D eigenvalue weighted by Gasteiger charge is 2.28. The Hall–Kier alpha value is -0.650. The molecule has 0 aromatic rings. The highest BCUT2D eigenvalue weighted by atomic mass is 16.1. The number of carbonyl (C=O) groups excluding carboxylic acids is 1. The van der Waals surface area contributed by atoms with Crippen molar-refractivity contribution in [1.82, 2.24) is 15.1 Å². The number of nitrogens with one attached hydrogen (secondary N) is 1. The highest BCUT2D eigenvalue weighted by Crippen LogP contribution is 2.12. The molecule has 1 unspecified atom stereocenters. The smallest absolute Gasteiger partial charge is 0.237 e. The maximum atomic E-state index is 11.5. The van der Waals surface area contributed by atoms with E-state index in [1.807, 2.05) is 6.92 Å². The lowest BCUT2D eigenvalue weighted by Crippen LogP contribution is -2.51. The first-order chi connectivity index (χ1) is 9.93. The first-order valence-corrected chi connectivity index (χ1v) is 8.37. The summed E-state index contributed by atoms with van der Waals surface area (Å²) in [4.78, 5) is 16.4. The van der Waals surface area contributed by atoms with Crippen molar-refractivity contribution < 1.29 is 4.79 Å². The Labute approximate surface area is 131 Å². The molecule has 5 heteroatoms. The summed E-state index contributed by atoms with van der Waals surface area (Å²) in [7, 11) is 1.80. The standard InChI is InChI=1S/C16H36N4O/c1-6-19(7-2)13-10-14-20(8-3)12-9-11-16(4,18-5)15(17)21/h18H,6-14H2,1-5H3,(H2,17,21). The van der Waals surface area contributed by atoms with Gasteiger partial charge >= 0.3 is 0 Å². The van der Waals surface area contributed by atoms with Gasteiger partial charge in [-0.3, -0.25) is 4.79 Å². The predicted molar refractivity (Wildman–Crippen MR) is 90.4 cm³/mol. The van der Waals surface area contributed by atoms with E-state index in [0.29, 0.717) is 0 Å². The third-order valence-electron chi connectivity index (χ3n) is 4.54. The lowest BCUT2D eigenvalue weighted by Gasteiger charge is -2.28. The average molecular weight is 300 g/mol. The SMILES string of the molecule is CCN(CC)CCCN(CC)CCCC(C)(NC)C(N)=O. The van der Waals surface area contributed by atoms with Gasteiger partial charge in [-0.05, 0) is 72.5 Å². The Morgan fingerprint density at radius 1 is 1.00 bits per heavy atom. The molecule has 3 N–H and O–H groups in total. The number of hydrogen-bond donors (Lipinski definition) is 2. The largest absolute Gasteiger partial charge is 0.368 e. The molecule has 21 heavy (non-hydrogen) atoms. The number of hydrogen-bond acceptors (Lipinski definition) is 4. The lowest BCUT2D eigenvalue weighted by molar-refractivity contribution is -0.123. The van der Waals surface area contributed by atoms with E-state index >= 15 is 0 Å². The summed E-state index contributed by atoms with van der Waals surface area (Å²) in [5, 5.41) is 3.04. The molecular weight excluding hydrogens is 264 g/mol. The summed E-state index contributed by atoms with van der Waals surface area (Å²) in [5.41, 5.74) is 4.87. The van der Waals surface area contributed by atoms with Gasteiger partial charge in [-0.1, -0.05) is 20.8 Å². The van der Waals surface area contributed by atoms with Crippen LogP contribution in [-0.4, -0.2) is 67.6 Å². The molecule has 0 saturated heterocycles. The van der Waals surface area contributed by atoms with Gasteiger partial charge in [-0.15, -0.1) is 0 Å². The van der Waals surface area contributed by atoms with E-state index < -0.39 is 5.54 Å². The molecule has 0 rings (SSSR count). The summed E-state index contributed by atoms with van der Waals surface area (Å²) in [5.74, 6) is -0.269. The zero-order valence-electron chi connectivity index (χ0n) is 14.7. The summed E-state index contributed by atoms with van der Waals surface area (Å²) < 4.78 is 0. The van der Waals surface area contributed by atoms with Crippen molar-refractivity contribution in [3.8, 4) is 0 Å². The molecule has 0 heterocycles. The molecule has 0 aliphatic heterocycles. The molecule has 5 nitrogen and oxygen atoms in total. The van der Waals surface area contributed by atoms with Crippen LogP contribution in [0.15, 0.2) is 0 Å². The van der Waals surface area contributed by atoms with Gasteiger partial charge in [0.25, 0.3) is 0 Å². The van der Waals surface area contributed by atoms with Crippen molar-refractivity contribution >= 4 is 5.91 Å². The van der Waals surface area contributed by atoms with Crippen LogP contribution in [0.1, 0.15) is 47.0 Å². The van der Waals surface area contributed by atoms with Crippen LogP contribution in [0.4, 0.5) is 0 Å². The number of nitrogens with two attached hydrogens (primary N) is 1. The molecule has 0 saturated carbocycles. The maximum absolute atomic E-state index is 11.5. The molecule has 0 fully saturated rings. The molecule has 0 bridgehead atoms. The van der Waals surface area contributed by atoms with Crippen molar-refractivity contribution in [1.29, 1.82) is 0 Å². The molecule has 1 amide bonds. The van der Waals surface area contributed by atoms with E-state index in [1.165, 1.54) is 13.0 Å². The maximum Gasteiger partial charge on any atom is 0.237 e. The van der Waals surface area contributed by atoms with Crippen LogP contribution in [0, 0.1) is 0 Å². The fourth-order valence-electron chi connectivity index (χ4n) is 2.51. The number of rotatable bonds is 13. The van der Waals surface area contributed by atoms with Gasteiger partial charge < -0.3 is 20.9 Å². The summed E-state index contributed by atoms with van der Waals surface area (Å²) in [6.45, 7) is 15.1. The molecule has 0 radical (unpaired) electrons. The Balaban J connectivity index is 4.02. The second-order valence-electron chi connectivity index (χ2n) is 5.86. The van der Waals surface area contributed by atoms with E-state index in [2.05, 4.69) is 35.9 Å². The van der Waals surface area contributed by atoms with Crippen LogP contribution in [0.5, 0.6) is 0 Å². The number of nitrogens with zero attached hydrogens (tertiary/aromatic N) is 2. The fraction of sp³-hybridized carbons (Fsp3) is 0.938. The van der Waals surface area contributed by atoms with Gasteiger partial charge in [-0.2, -0.15) is 0 Å². The number of primary amides is 1. The Bertz CT molecular complexity index is 281. The monoisotopic (exact) mass is 300 g/mol. The van der Waals surface area contributed by atoms with Gasteiger partial charge in [0.2, 0.25) is 5.91 Å². The predicted octanol–water partition coefficient (Wildman–Crippen LogP) is 1.28. The van der Waals surface area contributed by atoms with E-state index in [0.717, 1.165) is 45.6 Å². The van der Waals surface area contributed by atoms with Crippen LogP contribution in [0.25, 0.3) is 0 Å². The van der Waals surface area contributed by atoms with Crippen molar-refractivity contribution in [2.24, 2.45) is 5.73 Å². The zero-order valence-corrected chi connectivity index (χ0v) is 14.7. The molecule has 0 aliphatic carbocycles. The van der Waals surface area contributed by atoms with Crippen LogP contribution in [0.2, 0.25) is 0 Å². The van der Waals surface area contributed by atoms with E-state index in [9.17, 15) is 4.79 Å². The quantitative estimate of drug-likeness (QED) is 0.538. The third kappa shape index (κ3) is 7.79. The van der Waals surface area contributed by atoms with Crippen LogP contribution in [-0.2, 0) is 4.79 Å². The van der Waals surface area contributed by atoms with Crippen molar-refractivity contribution in [3.63, 3.8) is 0 Å². The van der Waals surface area contributed by atoms with Crippen molar-refractivity contribution in [3.05, 3.63) is 0 Å². The number of carbonyl (C=O) groups is 1. The fourth-order valence-corrected chi connectivity index (χ4v) is 2.51. The lowest BCUT2D eigenvalue weighted by atomic mass is 9.95.